The zero-order valence-electron chi connectivity index (χ0n) is 6.82. The minimum Gasteiger partial charge on any atom is -0.338 e. The highest BCUT2D eigenvalue weighted by Crippen LogP contribution is 2.17. The summed E-state index contributed by atoms with van der Waals surface area (Å²) in [6.45, 7) is 3.56. The highest BCUT2D eigenvalue weighted by atomic mass is 19.4. The number of rotatable bonds is 3. The van der Waals surface area contributed by atoms with Crippen molar-refractivity contribution in [1.29, 1.82) is 0 Å². The number of nitrogens with zero attached hydrogens (tertiary/aromatic N) is 1. The standard InChI is InChI=1S/C7H11F3NO/c1-3-4-5-11(2)6(12)7(8,9)10/h1,3-5H2,2H3. The number of hydrogen-bond donors (Lipinski definition) is 0. The van der Waals surface area contributed by atoms with Crippen LogP contribution in [0.4, 0.5) is 13.2 Å². The maximum absolute atomic E-state index is 11.7. The topological polar surface area (TPSA) is 20.3 Å². The summed E-state index contributed by atoms with van der Waals surface area (Å²) in [6.07, 6.45) is -3.75. The molecule has 1 radical (unpaired) electrons. The van der Waals surface area contributed by atoms with E-state index in [1.165, 1.54) is 0 Å². The molecule has 0 heterocycles. The van der Waals surface area contributed by atoms with Gasteiger partial charge in [0.15, 0.2) is 0 Å². The van der Waals surface area contributed by atoms with Crippen molar-refractivity contribution in [2.75, 3.05) is 13.6 Å². The molecule has 5 heteroatoms. The molecule has 0 bridgehead atoms. The molecule has 0 saturated heterocycles. The lowest BCUT2D eigenvalue weighted by Crippen LogP contribution is -2.38. The quantitative estimate of drug-likeness (QED) is 0.649. The predicted octanol–water partition coefficient (Wildman–Crippen LogP) is 1.62. The predicted molar refractivity (Wildman–Crippen MR) is 38.3 cm³/mol. The van der Waals surface area contributed by atoms with Crippen molar-refractivity contribution in [3.8, 4) is 0 Å². The van der Waals surface area contributed by atoms with Crippen molar-refractivity contribution in [2.45, 2.75) is 19.0 Å². The Kier molecular flexibility index (Phi) is 4.06. The van der Waals surface area contributed by atoms with Crippen LogP contribution in [0, 0.1) is 6.92 Å². The van der Waals surface area contributed by atoms with E-state index >= 15 is 0 Å². The summed E-state index contributed by atoms with van der Waals surface area (Å²) in [4.78, 5) is 11.1. The first-order valence-corrected chi connectivity index (χ1v) is 3.51. The molecule has 0 rings (SSSR count). The van der Waals surface area contributed by atoms with E-state index in [2.05, 4.69) is 6.92 Å². The number of amides is 1. The molecule has 12 heavy (non-hydrogen) atoms. The van der Waals surface area contributed by atoms with E-state index in [1.807, 2.05) is 0 Å². The van der Waals surface area contributed by atoms with Gasteiger partial charge in [-0.05, 0) is 6.42 Å². The van der Waals surface area contributed by atoms with Crippen LogP contribution in [0.3, 0.4) is 0 Å². The van der Waals surface area contributed by atoms with Gasteiger partial charge in [-0.25, -0.2) is 0 Å². The fourth-order valence-electron chi connectivity index (χ4n) is 0.667. The van der Waals surface area contributed by atoms with Gasteiger partial charge in [-0.1, -0.05) is 13.3 Å². The van der Waals surface area contributed by atoms with E-state index in [4.69, 9.17) is 0 Å². The lowest BCUT2D eigenvalue weighted by Gasteiger charge is -2.17. The van der Waals surface area contributed by atoms with E-state index < -0.39 is 12.1 Å². The number of carbonyl (C=O) groups is 1. The molecular weight excluding hydrogens is 171 g/mol. The Morgan fingerprint density at radius 1 is 1.50 bits per heavy atom. The summed E-state index contributed by atoms with van der Waals surface area (Å²) in [5, 5.41) is 0. The Morgan fingerprint density at radius 2 is 2.00 bits per heavy atom. The van der Waals surface area contributed by atoms with Gasteiger partial charge >= 0.3 is 12.1 Å². The van der Waals surface area contributed by atoms with Crippen LogP contribution in [-0.4, -0.2) is 30.6 Å². The van der Waals surface area contributed by atoms with Crippen LogP contribution in [0.25, 0.3) is 0 Å². The summed E-state index contributed by atoms with van der Waals surface area (Å²) < 4.78 is 35.2. The molecule has 0 aliphatic heterocycles. The first kappa shape index (κ1) is 11.3. The molecule has 0 atom stereocenters. The van der Waals surface area contributed by atoms with Gasteiger partial charge in [-0.3, -0.25) is 4.79 Å². The second-order valence-electron chi connectivity index (χ2n) is 2.43. The monoisotopic (exact) mass is 182 g/mol. The van der Waals surface area contributed by atoms with Gasteiger partial charge in [0.05, 0.1) is 0 Å². The molecule has 0 spiro atoms. The van der Waals surface area contributed by atoms with Gasteiger partial charge in [0.1, 0.15) is 0 Å². The maximum atomic E-state index is 11.7. The second kappa shape index (κ2) is 4.33. The van der Waals surface area contributed by atoms with Gasteiger partial charge in [-0.2, -0.15) is 13.2 Å². The number of carbonyl (C=O) groups excluding carboxylic acids is 1. The number of alkyl halides is 3. The molecule has 0 unspecified atom stereocenters. The molecule has 0 aliphatic rings. The van der Waals surface area contributed by atoms with Gasteiger partial charge in [0.25, 0.3) is 0 Å². The Bertz CT molecular complexity index is 155. The van der Waals surface area contributed by atoms with Crippen LogP contribution < -0.4 is 0 Å². The van der Waals surface area contributed by atoms with Crippen LogP contribution in [0.1, 0.15) is 12.8 Å². The van der Waals surface area contributed by atoms with Crippen LogP contribution >= 0.6 is 0 Å². The molecule has 0 aromatic carbocycles. The van der Waals surface area contributed by atoms with Crippen molar-refractivity contribution < 1.29 is 18.0 Å². The molecule has 1 amide bonds. The minimum absolute atomic E-state index is 0.0991. The Morgan fingerprint density at radius 3 is 2.33 bits per heavy atom. The van der Waals surface area contributed by atoms with Gasteiger partial charge < -0.3 is 4.90 Å². The second-order valence-corrected chi connectivity index (χ2v) is 2.43. The molecule has 0 aromatic heterocycles. The normalized spacial score (nSPS) is 11.4. The number of hydrogen-bond acceptors (Lipinski definition) is 1. The van der Waals surface area contributed by atoms with Crippen molar-refractivity contribution >= 4 is 5.91 Å². The zero-order valence-corrected chi connectivity index (χ0v) is 6.82. The van der Waals surface area contributed by atoms with Crippen LogP contribution in [0.5, 0.6) is 0 Å². The molecule has 2 nitrogen and oxygen atoms in total. The minimum atomic E-state index is -4.75. The SMILES string of the molecule is [CH2]CCCN(C)C(=O)C(F)(F)F. The lowest BCUT2D eigenvalue weighted by atomic mass is 10.3. The molecule has 0 saturated carbocycles. The van der Waals surface area contributed by atoms with E-state index in [-0.39, 0.29) is 6.54 Å². The first-order valence-electron chi connectivity index (χ1n) is 3.51. The van der Waals surface area contributed by atoms with Crippen LogP contribution in [0.15, 0.2) is 0 Å². The van der Waals surface area contributed by atoms with Crippen molar-refractivity contribution in [3.63, 3.8) is 0 Å². The van der Waals surface area contributed by atoms with Gasteiger partial charge in [0, 0.05) is 13.6 Å². The fourth-order valence-corrected chi connectivity index (χ4v) is 0.667. The third-order valence-corrected chi connectivity index (χ3v) is 1.33. The summed E-state index contributed by atoms with van der Waals surface area (Å²) in [6, 6.07) is 0. The lowest BCUT2D eigenvalue weighted by molar-refractivity contribution is -0.184. The molecule has 71 valence electrons. The van der Waals surface area contributed by atoms with Gasteiger partial charge in [-0.15, -0.1) is 0 Å². The third kappa shape index (κ3) is 3.59. The number of halogens is 3. The molecule has 0 aliphatic carbocycles. The summed E-state index contributed by atoms with van der Waals surface area (Å²) >= 11 is 0. The Labute approximate surface area is 69.3 Å². The summed E-state index contributed by atoms with van der Waals surface area (Å²) in [5.74, 6) is -1.80. The fraction of sp³-hybridized carbons (Fsp3) is 0.714. The molecule has 0 aromatic rings. The molecular formula is C7H11F3NO. The Hall–Kier alpha value is -0.740. The largest absolute Gasteiger partial charge is 0.471 e. The van der Waals surface area contributed by atoms with E-state index in [0.29, 0.717) is 17.7 Å². The van der Waals surface area contributed by atoms with E-state index in [0.717, 1.165) is 7.05 Å². The van der Waals surface area contributed by atoms with E-state index in [1.54, 1.807) is 0 Å². The zero-order chi connectivity index (χ0) is 9.78. The van der Waals surface area contributed by atoms with Crippen LogP contribution in [0.2, 0.25) is 0 Å². The third-order valence-electron chi connectivity index (χ3n) is 1.33. The highest BCUT2D eigenvalue weighted by molar-refractivity contribution is 5.81. The number of unbranched alkanes of at least 4 members (excludes halogenated alkanes) is 1. The maximum Gasteiger partial charge on any atom is 0.471 e. The van der Waals surface area contributed by atoms with Crippen molar-refractivity contribution in [3.05, 3.63) is 6.92 Å². The van der Waals surface area contributed by atoms with Crippen molar-refractivity contribution in [1.82, 2.24) is 4.90 Å². The average Bonchev–Trinajstić information content (AvgIpc) is 1.97. The Balaban J connectivity index is 3.94. The van der Waals surface area contributed by atoms with Gasteiger partial charge in [0.2, 0.25) is 0 Å². The molecule has 0 fully saturated rings. The smallest absolute Gasteiger partial charge is 0.338 e. The summed E-state index contributed by atoms with van der Waals surface area (Å²) in [5.41, 5.74) is 0. The highest BCUT2D eigenvalue weighted by Gasteiger charge is 2.40. The molecule has 0 N–H and O–H groups in total. The first-order chi connectivity index (χ1) is 5.39. The van der Waals surface area contributed by atoms with Crippen molar-refractivity contribution in [2.24, 2.45) is 0 Å². The average molecular weight is 182 g/mol. The summed E-state index contributed by atoms with van der Waals surface area (Å²) in [7, 11) is 1.13. The van der Waals surface area contributed by atoms with Crippen LogP contribution in [-0.2, 0) is 4.79 Å². The van der Waals surface area contributed by atoms with E-state index in [9.17, 15) is 18.0 Å².